The van der Waals surface area contributed by atoms with Gasteiger partial charge in [-0.05, 0) is 32.5 Å². The molecule has 4 heteroatoms. The molecule has 1 atom stereocenters. The maximum atomic E-state index is 4.65. The standard InChI is InChI=1S/C14H19N3S/c1-4-15-10(2)14-11(3)17-13(18-14)9-12-7-5-6-8-16-12/h5-8,10,15H,4,9H2,1-3H3. The van der Waals surface area contributed by atoms with E-state index in [-0.39, 0.29) is 0 Å². The first-order valence-electron chi connectivity index (χ1n) is 6.30. The maximum Gasteiger partial charge on any atom is 0.0991 e. The van der Waals surface area contributed by atoms with E-state index in [1.165, 1.54) is 4.88 Å². The molecular formula is C14H19N3S. The van der Waals surface area contributed by atoms with Crippen LogP contribution in [0.15, 0.2) is 24.4 Å². The highest BCUT2D eigenvalue weighted by Crippen LogP contribution is 2.26. The summed E-state index contributed by atoms with van der Waals surface area (Å²) in [6.45, 7) is 7.38. The molecule has 96 valence electrons. The van der Waals surface area contributed by atoms with E-state index in [1.54, 1.807) is 11.3 Å². The Bertz CT molecular complexity index is 493. The van der Waals surface area contributed by atoms with Crippen molar-refractivity contribution in [1.29, 1.82) is 0 Å². The van der Waals surface area contributed by atoms with Crippen molar-refractivity contribution in [2.75, 3.05) is 6.54 Å². The van der Waals surface area contributed by atoms with Gasteiger partial charge in [-0.15, -0.1) is 11.3 Å². The largest absolute Gasteiger partial charge is 0.310 e. The van der Waals surface area contributed by atoms with Gasteiger partial charge in [0.2, 0.25) is 0 Å². The summed E-state index contributed by atoms with van der Waals surface area (Å²) in [6.07, 6.45) is 2.66. The van der Waals surface area contributed by atoms with Crippen molar-refractivity contribution in [1.82, 2.24) is 15.3 Å². The number of aromatic nitrogens is 2. The Hall–Kier alpha value is -1.26. The number of thiazole rings is 1. The molecule has 1 unspecified atom stereocenters. The summed E-state index contributed by atoms with van der Waals surface area (Å²) in [7, 11) is 0. The maximum absolute atomic E-state index is 4.65. The van der Waals surface area contributed by atoms with E-state index in [2.05, 4.69) is 36.1 Å². The van der Waals surface area contributed by atoms with Crippen LogP contribution in [0.3, 0.4) is 0 Å². The summed E-state index contributed by atoms with van der Waals surface area (Å²) in [6, 6.07) is 6.38. The number of hydrogen-bond acceptors (Lipinski definition) is 4. The molecule has 0 saturated heterocycles. The highest BCUT2D eigenvalue weighted by atomic mass is 32.1. The third-order valence-electron chi connectivity index (χ3n) is 2.84. The first-order valence-corrected chi connectivity index (χ1v) is 7.11. The molecule has 0 aliphatic heterocycles. The van der Waals surface area contributed by atoms with E-state index in [1.807, 2.05) is 24.4 Å². The molecule has 0 spiro atoms. The molecule has 0 aliphatic rings. The zero-order chi connectivity index (χ0) is 13.0. The van der Waals surface area contributed by atoms with Gasteiger partial charge in [-0.3, -0.25) is 4.98 Å². The predicted molar refractivity (Wildman–Crippen MR) is 76.0 cm³/mol. The van der Waals surface area contributed by atoms with Crippen LogP contribution >= 0.6 is 11.3 Å². The van der Waals surface area contributed by atoms with Crippen LogP contribution in [0.4, 0.5) is 0 Å². The molecule has 2 aromatic heterocycles. The van der Waals surface area contributed by atoms with Crippen molar-refractivity contribution in [2.24, 2.45) is 0 Å². The summed E-state index contributed by atoms with van der Waals surface area (Å²) < 4.78 is 0. The molecule has 2 rings (SSSR count). The normalized spacial score (nSPS) is 12.6. The Balaban J connectivity index is 2.14. The van der Waals surface area contributed by atoms with Gasteiger partial charge < -0.3 is 5.32 Å². The van der Waals surface area contributed by atoms with Crippen molar-refractivity contribution in [3.63, 3.8) is 0 Å². The number of aryl methyl sites for hydroxylation is 1. The molecule has 2 heterocycles. The van der Waals surface area contributed by atoms with Gasteiger partial charge in [0.1, 0.15) is 0 Å². The van der Waals surface area contributed by atoms with E-state index >= 15 is 0 Å². The van der Waals surface area contributed by atoms with E-state index in [0.717, 1.165) is 29.4 Å². The van der Waals surface area contributed by atoms with Gasteiger partial charge in [0, 0.05) is 29.2 Å². The summed E-state index contributed by atoms with van der Waals surface area (Å²) in [5, 5.41) is 4.58. The van der Waals surface area contributed by atoms with E-state index in [9.17, 15) is 0 Å². The molecule has 0 saturated carbocycles. The molecule has 1 N–H and O–H groups in total. The average molecular weight is 261 g/mol. The molecule has 0 aromatic carbocycles. The third-order valence-corrected chi connectivity index (χ3v) is 4.18. The molecule has 18 heavy (non-hydrogen) atoms. The number of nitrogens with zero attached hydrogens (tertiary/aromatic N) is 2. The SMILES string of the molecule is CCNC(C)c1sc(Cc2ccccn2)nc1C. The Morgan fingerprint density at radius 2 is 2.22 bits per heavy atom. The minimum absolute atomic E-state index is 0.380. The Morgan fingerprint density at radius 1 is 1.39 bits per heavy atom. The smallest absolute Gasteiger partial charge is 0.0991 e. The third kappa shape index (κ3) is 3.15. The molecule has 2 aromatic rings. The lowest BCUT2D eigenvalue weighted by Gasteiger charge is -2.09. The molecule has 3 nitrogen and oxygen atoms in total. The summed E-state index contributed by atoms with van der Waals surface area (Å²) >= 11 is 1.79. The number of rotatable bonds is 5. The molecule has 0 aliphatic carbocycles. The first-order chi connectivity index (χ1) is 8.70. The average Bonchev–Trinajstić information content (AvgIpc) is 2.72. The summed E-state index contributed by atoms with van der Waals surface area (Å²) in [4.78, 5) is 10.3. The van der Waals surface area contributed by atoms with Gasteiger partial charge in [-0.2, -0.15) is 0 Å². The lowest BCUT2D eigenvalue weighted by Crippen LogP contribution is -2.17. The van der Waals surface area contributed by atoms with Crippen molar-refractivity contribution in [3.05, 3.63) is 45.7 Å². The minimum atomic E-state index is 0.380. The highest BCUT2D eigenvalue weighted by molar-refractivity contribution is 7.11. The van der Waals surface area contributed by atoms with Crippen LogP contribution in [-0.2, 0) is 6.42 Å². The van der Waals surface area contributed by atoms with Crippen LogP contribution in [0.5, 0.6) is 0 Å². The number of hydrogen-bond donors (Lipinski definition) is 1. The summed E-state index contributed by atoms with van der Waals surface area (Å²) in [5.74, 6) is 0. The van der Waals surface area contributed by atoms with Crippen LogP contribution in [-0.4, -0.2) is 16.5 Å². The van der Waals surface area contributed by atoms with Crippen LogP contribution in [0.1, 0.15) is 41.2 Å². The fourth-order valence-corrected chi connectivity index (χ4v) is 3.11. The zero-order valence-electron chi connectivity index (χ0n) is 11.1. The monoisotopic (exact) mass is 261 g/mol. The fraction of sp³-hybridized carbons (Fsp3) is 0.429. The molecular weight excluding hydrogens is 242 g/mol. The van der Waals surface area contributed by atoms with Gasteiger partial charge in [0.15, 0.2) is 0 Å². The molecule has 0 amide bonds. The Labute approximate surface area is 112 Å². The van der Waals surface area contributed by atoms with Crippen LogP contribution < -0.4 is 5.32 Å². The number of nitrogens with one attached hydrogen (secondary N) is 1. The van der Waals surface area contributed by atoms with Gasteiger partial charge >= 0.3 is 0 Å². The second-order valence-electron chi connectivity index (χ2n) is 4.33. The van der Waals surface area contributed by atoms with Gasteiger partial charge in [-0.25, -0.2) is 4.98 Å². The van der Waals surface area contributed by atoms with Crippen molar-refractivity contribution < 1.29 is 0 Å². The second-order valence-corrected chi connectivity index (χ2v) is 5.45. The molecule has 0 radical (unpaired) electrons. The van der Waals surface area contributed by atoms with E-state index in [4.69, 9.17) is 0 Å². The van der Waals surface area contributed by atoms with Gasteiger partial charge in [-0.1, -0.05) is 13.0 Å². The van der Waals surface area contributed by atoms with Crippen LogP contribution in [0.2, 0.25) is 0 Å². The van der Waals surface area contributed by atoms with Crippen molar-refractivity contribution in [2.45, 2.75) is 33.2 Å². The summed E-state index contributed by atoms with van der Waals surface area (Å²) in [5.41, 5.74) is 2.22. The molecule has 0 bridgehead atoms. The van der Waals surface area contributed by atoms with Crippen molar-refractivity contribution in [3.8, 4) is 0 Å². The Kier molecular flexibility index (Phi) is 4.44. The number of pyridine rings is 1. The highest BCUT2D eigenvalue weighted by Gasteiger charge is 2.13. The molecule has 0 fully saturated rings. The lowest BCUT2D eigenvalue weighted by molar-refractivity contribution is 0.603. The topological polar surface area (TPSA) is 37.8 Å². The first kappa shape index (κ1) is 13.2. The fourth-order valence-electron chi connectivity index (χ4n) is 2.00. The minimum Gasteiger partial charge on any atom is -0.310 e. The quantitative estimate of drug-likeness (QED) is 0.898. The van der Waals surface area contributed by atoms with Gasteiger partial charge in [0.25, 0.3) is 0 Å². The lowest BCUT2D eigenvalue weighted by atomic mass is 10.2. The van der Waals surface area contributed by atoms with Crippen LogP contribution in [0.25, 0.3) is 0 Å². The van der Waals surface area contributed by atoms with Gasteiger partial charge in [0.05, 0.1) is 10.7 Å². The Morgan fingerprint density at radius 3 is 2.89 bits per heavy atom. The van der Waals surface area contributed by atoms with E-state index in [0.29, 0.717) is 6.04 Å². The van der Waals surface area contributed by atoms with Crippen LogP contribution in [0, 0.1) is 6.92 Å². The van der Waals surface area contributed by atoms with Crippen molar-refractivity contribution >= 4 is 11.3 Å². The zero-order valence-corrected chi connectivity index (χ0v) is 11.9. The second kappa shape index (κ2) is 6.07. The predicted octanol–water partition coefficient (Wildman–Crippen LogP) is 3.11. The van der Waals surface area contributed by atoms with E-state index < -0.39 is 0 Å².